The number of carbonyl (C=O) groups excluding carboxylic acids is 1. The Hall–Kier alpha value is -0.360. The van der Waals surface area contributed by atoms with Crippen LogP contribution >= 0.6 is 34.2 Å². The maximum atomic E-state index is 13.2. The molecule has 1 amide bonds. The number of halogens is 3. The molecule has 0 unspecified atom stereocenters. The van der Waals surface area contributed by atoms with Crippen LogP contribution in [0.5, 0.6) is 0 Å². The van der Waals surface area contributed by atoms with E-state index in [1.165, 1.54) is 35.5 Å². The Balaban J connectivity index is 2.35. The highest BCUT2D eigenvalue weighted by Gasteiger charge is 2.12. The highest BCUT2D eigenvalue weighted by Crippen LogP contribution is 2.19. The highest BCUT2D eigenvalue weighted by molar-refractivity contribution is 14.1. The van der Waals surface area contributed by atoms with Crippen LogP contribution in [0.2, 0.25) is 5.02 Å². The smallest absolute Gasteiger partial charge is 0.252 e. The van der Waals surface area contributed by atoms with Crippen LogP contribution in [0.1, 0.15) is 36.0 Å². The Labute approximate surface area is 125 Å². The van der Waals surface area contributed by atoms with Crippen molar-refractivity contribution >= 4 is 40.1 Å². The molecule has 1 aromatic carbocycles. The normalized spacial score (nSPS) is 10.4. The van der Waals surface area contributed by atoms with Crippen molar-refractivity contribution in [2.24, 2.45) is 0 Å². The van der Waals surface area contributed by atoms with E-state index >= 15 is 0 Å². The number of unbranched alkanes of at least 4 members (excludes halogenated alkanes) is 3. The number of alkyl halides is 1. The van der Waals surface area contributed by atoms with Crippen LogP contribution in [0.25, 0.3) is 0 Å². The predicted molar refractivity (Wildman–Crippen MR) is 81.1 cm³/mol. The number of carbonyl (C=O) groups is 1. The number of rotatable bonds is 7. The second-order valence-corrected chi connectivity index (χ2v) is 5.42. The molecule has 0 bridgehead atoms. The Kier molecular flexibility index (Phi) is 7.58. The molecule has 0 aliphatic heterocycles. The van der Waals surface area contributed by atoms with Gasteiger partial charge in [0.05, 0.1) is 10.6 Å². The molecule has 0 spiro atoms. The number of benzene rings is 1. The van der Waals surface area contributed by atoms with Gasteiger partial charge in [-0.1, -0.05) is 53.1 Å². The van der Waals surface area contributed by atoms with Crippen molar-refractivity contribution < 1.29 is 9.18 Å². The standard InChI is InChI=1S/C13H16ClFINO/c14-12-10(6-5-7-11(12)15)13(18)17-9-4-2-1-3-8-16/h5-7H,1-4,8-9H2,(H,17,18). The van der Waals surface area contributed by atoms with Crippen LogP contribution in [-0.2, 0) is 0 Å². The lowest BCUT2D eigenvalue weighted by molar-refractivity contribution is 0.0952. The van der Waals surface area contributed by atoms with Crippen molar-refractivity contribution in [1.82, 2.24) is 5.32 Å². The Bertz CT molecular complexity index is 401. The first-order valence-electron chi connectivity index (χ1n) is 5.95. The van der Waals surface area contributed by atoms with Gasteiger partial charge in [-0.05, 0) is 29.4 Å². The van der Waals surface area contributed by atoms with E-state index in [1.807, 2.05) is 0 Å². The molecule has 0 fully saturated rings. The van der Waals surface area contributed by atoms with Crippen LogP contribution in [0.3, 0.4) is 0 Å². The van der Waals surface area contributed by atoms with Gasteiger partial charge in [-0.25, -0.2) is 4.39 Å². The third-order valence-corrected chi connectivity index (χ3v) is 3.69. The van der Waals surface area contributed by atoms with E-state index < -0.39 is 5.82 Å². The van der Waals surface area contributed by atoms with Gasteiger partial charge in [-0.2, -0.15) is 0 Å². The third kappa shape index (κ3) is 5.10. The molecule has 18 heavy (non-hydrogen) atoms. The van der Waals surface area contributed by atoms with Gasteiger partial charge < -0.3 is 5.32 Å². The minimum Gasteiger partial charge on any atom is -0.352 e. The monoisotopic (exact) mass is 383 g/mol. The summed E-state index contributed by atoms with van der Waals surface area (Å²) in [6.07, 6.45) is 4.43. The lowest BCUT2D eigenvalue weighted by atomic mass is 10.2. The number of nitrogens with one attached hydrogen (secondary N) is 1. The summed E-state index contributed by atoms with van der Waals surface area (Å²) >= 11 is 8.09. The van der Waals surface area contributed by atoms with E-state index in [0.717, 1.165) is 12.8 Å². The lowest BCUT2D eigenvalue weighted by Gasteiger charge is -2.07. The van der Waals surface area contributed by atoms with E-state index in [0.29, 0.717) is 6.54 Å². The van der Waals surface area contributed by atoms with E-state index in [2.05, 4.69) is 27.9 Å². The summed E-state index contributed by atoms with van der Waals surface area (Å²) in [4.78, 5) is 11.7. The summed E-state index contributed by atoms with van der Waals surface area (Å²) in [7, 11) is 0. The van der Waals surface area contributed by atoms with Gasteiger partial charge >= 0.3 is 0 Å². The summed E-state index contributed by atoms with van der Waals surface area (Å²) in [6.45, 7) is 0.604. The van der Waals surface area contributed by atoms with Gasteiger partial charge in [-0.15, -0.1) is 0 Å². The van der Waals surface area contributed by atoms with Crippen LogP contribution in [0.4, 0.5) is 4.39 Å². The maximum absolute atomic E-state index is 13.2. The van der Waals surface area contributed by atoms with Crippen LogP contribution in [0.15, 0.2) is 18.2 Å². The molecule has 5 heteroatoms. The van der Waals surface area contributed by atoms with Gasteiger partial charge in [0.15, 0.2) is 0 Å². The largest absolute Gasteiger partial charge is 0.352 e. The first kappa shape index (κ1) is 15.7. The molecule has 0 saturated heterocycles. The Morgan fingerprint density at radius 3 is 2.72 bits per heavy atom. The van der Waals surface area contributed by atoms with E-state index in [9.17, 15) is 9.18 Å². The zero-order valence-electron chi connectivity index (χ0n) is 10.0. The van der Waals surface area contributed by atoms with Crippen molar-refractivity contribution in [3.8, 4) is 0 Å². The summed E-state index contributed by atoms with van der Waals surface area (Å²) in [5.74, 6) is -0.875. The number of amides is 1. The first-order chi connectivity index (χ1) is 8.66. The zero-order valence-corrected chi connectivity index (χ0v) is 12.9. The third-order valence-electron chi connectivity index (χ3n) is 2.54. The fourth-order valence-corrected chi connectivity index (χ4v) is 2.30. The zero-order chi connectivity index (χ0) is 13.4. The fraction of sp³-hybridized carbons (Fsp3) is 0.462. The van der Waals surface area contributed by atoms with E-state index in [4.69, 9.17) is 11.6 Å². The summed E-state index contributed by atoms with van der Waals surface area (Å²) in [6, 6.07) is 4.25. The maximum Gasteiger partial charge on any atom is 0.252 e. The molecular formula is C13H16ClFINO. The van der Waals surface area contributed by atoms with Gasteiger partial charge in [0.1, 0.15) is 5.82 Å². The molecule has 0 saturated carbocycles. The Morgan fingerprint density at radius 1 is 1.28 bits per heavy atom. The van der Waals surface area contributed by atoms with Gasteiger partial charge in [-0.3, -0.25) is 4.79 Å². The SMILES string of the molecule is O=C(NCCCCCCI)c1cccc(F)c1Cl. The van der Waals surface area contributed by atoms with E-state index in [-0.39, 0.29) is 16.5 Å². The molecule has 0 aromatic heterocycles. The topological polar surface area (TPSA) is 29.1 Å². The predicted octanol–water partition coefficient (Wildman–Crippen LogP) is 4.20. The molecule has 1 N–H and O–H groups in total. The van der Waals surface area contributed by atoms with Crippen LogP contribution in [0, 0.1) is 5.82 Å². The molecule has 100 valence electrons. The molecule has 1 aromatic rings. The second kappa shape index (κ2) is 8.69. The van der Waals surface area contributed by atoms with Gasteiger partial charge in [0.2, 0.25) is 0 Å². The second-order valence-electron chi connectivity index (χ2n) is 3.96. The number of hydrogen-bond acceptors (Lipinski definition) is 1. The average molecular weight is 384 g/mol. The van der Waals surface area contributed by atoms with Crippen LogP contribution < -0.4 is 5.32 Å². The lowest BCUT2D eigenvalue weighted by Crippen LogP contribution is -2.24. The minimum atomic E-state index is -0.564. The molecule has 1 rings (SSSR count). The Morgan fingerprint density at radius 2 is 2.00 bits per heavy atom. The van der Waals surface area contributed by atoms with Crippen molar-refractivity contribution in [2.75, 3.05) is 11.0 Å². The summed E-state index contributed by atoms with van der Waals surface area (Å²) < 4.78 is 14.3. The van der Waals surface area contributed by atoms with Crippen molar-refractivity contribution in [2.45, 2.75) is 25.7 Å². The van der Waals surface area contributed by atoms with E-state index in [1.54, 1.807) is 0 Å². The van der Waals surface area contributed by atoms with Gasteiger partial charge in [0.25, 0.3) is 5.91 Å². The molecular weight excluding hydrogens is 368 g/mol. The molecule has 2 nitrogen and oxygen atoms in total. The van der Waals surface area contributed by atoms with Crippen molar-refractivity contribution in [1.29, 1.82) is 0 Å². The molecule has 0 radical (unpaired) electrons. The fourth-order valence-electron chi connectivity index (χ4n) is 1.55. The molecule has 0 aliphatic rings. The summed E-state index contributed by atoms with van der Waals surface area (Å²) in [5, 5.41) is 2.64. The number of hydrogen-bond donors (Lipinski definition) is 1. The molecule has 0 heterocycles. The summed E-state index contributed by atoms with van der Waals surface area (Å²) in [5.41, 5.74) is 0.198. The van der Waals surface area contributed by atoms with Crippen LogP contribution in [-0.4, -0.2) is 16.9 Å². The minimum absolute atomic E-state index is 0.111. The highest BCUT2D eigenvalue weighted by atomic mass is 127. The quantitative estimate of drug-likeness (QED) is 0.427. The van der Waals surface area contributed by atoms with Crippen molar-refractivity contribution in [3.63, 3.8) is 0 Å². The van der Waals surface area contributed by atoms with Crippen molar-refractivity contribution in [3.05, 3.63) is 34.6 Å². The molecule has 0 atom stereocenters. The van der Waals surface area contributed by atoms with Gasteiger partial charge in [0, 0.05) is 6.54 Å². The average Bonchev–Trinajstić information content (AvgIpc) is 2.36. The molecule has 0 aliphatic carbocycles. The first-order valence-corrected chi connectivity index (χ1v) is 7.85.